The minimum absolute atomic E-state index is 0.189. The number of ether oxygens (including phenoxy) is 1. The minimum Gasteiger partial charge on any atom is -0.378 e. The Morgan fingerprint density at radius 3 is 2.79 bits per heavy atom. The second-order valence-corrected chi connectivity index (χ2v) is 6.02. The molecule has 1 aliphatic heterocycles. The Kier molecular flexibility index (Phi) is 6.11. The lowest BCUT2D eigenvalue weighted by molar-refractivity contribution is -0.126. The molecule has 1 saturated carbocycles. The van der Waals surface area contributed by atoms with E-state index in [0.29, 0.717) is 6.10 Å². The number of carbonyl (C=O) groups is 1. The van der Waals surface area contributed by atoms with Crippen LogP contribution >= 0.6 is 0 Å². The van der Waals surface area contributed by atoms with Gasteiger partial charge in [-0.25, -0.2) is 0 Å². The van der Waals surface area contributed by atoms with E-state index in [1.54, 1.807) is 0 Å². The van der Waals surface area contributed by atoms with Crippen molar-refractivity contribution in [1.29, 1.82) is 0 Å². The molecule has 2 aliphatic rings. The SMILES string of the molecule is CN1CCC[C@@H](C(=O)NCCCOC2CCCC2)C1. The van der Waals surface area contributed by atoms with Crippen LogP contribution in [0.25, 0.3) is 0 Å². The third-order valence-electron chi connectivity index (χ3n) is 4.27. The normalized spacial score (nSPS) is 25.6. The van der Waals surface area contributed by atoms with E-state index in [1.807, 2.05) is 0 Å². The Morgan fingerprint density at radius 2 is 2.05 bits per heavy atom. The molecule has 1 heterocycles. The van der Waals surface area contributed by atoms with Gasteiger partial charge in [0, 0.05) is 19.7 Å². The summed E-state index contributed by atoms with van der Waals surface area (Å²) >= 11 is 0. The highest BCUT2D eigenvalue weighted by Gasteiger charge is 2.23. The molecule has 0 radical (unpaired) electrons. The van der Waals surface area contributed by atoms with Crippen molar-refractivity contribution >= 4 is 5.91 Å². The molecule has 0 aromatic carbocycles. The Labute approximate surface area is 116 Å². The minimum atomic E-state index is 0.189. The number of hydrogen-bond acceptors (Lipinski definition) is 3. The van der Waals surface area contributed by atoms with E-state index >= 15 is 0 Å². The number of nitrogens with one attached hydrogen (secondary N) is 1. The lowest BCUT2D eigenvalue weighted by Crippen LogP contribution is -2.41. The average molecular weight is 268 g/mol. The van der Waals surface area contributed by atoms with E-state index in [1.165, 1.54) is 25.7 Å². The van der Waals surface area contributed by atoms with E-state index in [9.17, 15) is 4.79 Å². The maximum absolute atomic E-state index is 12.0. The Hall–Kier alpha value is -0.610. The fourth-order valence-corrected chi connectivity index (χ4v) is 3.11. The van der Waals surface area contributed by atoms with Crippen LogP contribution in [-0.2, 0) is 9.53 Å². The van der Waals surface area contributed by atoms with E-state index in [0.717, 1.165) is 45.5 Å². The second kappa shape index (κ2) is 7.85. The van der Waals surface area contributed by atoms with Crippen LogP contribution in [0.1, 0.15) is 44.9 Å². The topological polar surface area (TPSA) is 41.6 Å². The standard InChI is InChI=1S/C15H28N2O2/c1-17-10-4-6-13(12-17)15(18)16-9-5-11-19-14-7-2-3-8-14/h13-14H,2-12H2,1H3,(H,16,18)/t13-/m1/s1. The molecule has 0 aromatic rings. The fraction of sp³-hybridized carbons (Fsp3) is 0.933. The Morgan fingerprint density at radius 1 is 1.26 bits per heavy atom. The molecule has 1 N–H and O–H groups in total. The Bertz CT molecular complexity index is 277. The van der Waals surface area contributed by atoms with Gasteiger partial charge in [0.15, 0.2) is 0 Å². The van der Waals surface area contributed by atoms with Crippen LogP contribution in [0.15, 0.2) is 0 Å². The number of amides is 1. The van der Waals surface area contributed by atoms with Crippen LogP contribution in [0.3, 0.4) is 0 Å². The molecule has 2 fully saturated rings. The molecular formula is C15H28N2O2. The largest absolute Gasteiger partial charge is 0.378 e. The van der Waals surface area contributed by atoms with Gasteiger partial charge in [0.05, 0.1) is 12.0 Å². The number of rotatable bonds is 6. The number of carbonyl (C=O) groups excluding carboxylic acids is 1. The van der Waals surface area contributed by atoms with Crippen LogP contribution in [0.2, 0.25) is 0 Å². The molecule has 1 aliphatic carbocycles. The molecule has 19 heavy (non-hydrogen) atoms. The monoisotopic (exact) mass is 268 g/mol. The summed E-state index contributed by atoms with van der Waals surface area (Å²) in [7, 11) is 2.09. The maximum atomic E-state index is 12.0. The van der Waals surface area contributed by atoms with Gasteiger partial charge in [0.1, 0.15) is 0 Å². The highest BCUT2D eigenvalue weighted by Crippen LogP contribution is 2.20. The molecule has 0 bridgehead atoms. The molecule has 1 saturated heterocycles. The maximum Gasteiger partial charge on any atom is 0.224 e. The van der Waals surface area contributed by atoms with Crippen molar-refractivity contribution in [2.45, 2.75) is 51.0 Å². The third kappa shape index (κ3) is 5.11. The highest BCUT2D eigenvalue weighted by atomic mass is 16.5. The van der Waals surface area contributed by atoms with Gasteiger partial charge in [-0.2, -0.15) is 0 Å². The van der Waals surface area contributed by atoms with Gasteiger partial charge < -0.3 is 15.0 Å². The van der Waals surface area contributed by atoms with Crippen LogP contribution in [0, 0.1) is 5.92 Å². The zero-order valence-electron chi connectivity index (χ0n) is 12.2. The zero-order valence-corrected chi connectivity index (χ0v) is 12.2. The molecule has 4 nitrogen and oxygen atoms in total. The van der Waals surface area contributed by atoms with Crippen molar-refractivity contribution in [3.8, 4) is 0 Å². The summed E-state index contributed by atoms with van der Waals surface area (Å²) in [4.78, 5) is 14.2. The predicted octanol–water partition coefficient (Wildman–Crippen LogP) is 1.79. The first-order chi connectivity index (χ1) is 9.25. The number of hydrogen-bond donors (Lipinski definition) is 1. The quantitative estimate of drug-likeness (QED) is 0.747. The summed E-state index contributed by atoms with van der Waals surface area (Å²) in [5.41, 5.74) is 0. The summed E-state index contributed by atoms with van der Waals surface area (Å²) < 4.78 is 5.79. The van der Waals surface area contributed by atoms with Crippen molar-refractivity contribution in [3.63, 3.8) is 0 Å². The lowest BCUT2D eigenvalue weighted by Gasteiger charge is -2.28. The molecule has 1 atom stereocenters. The van der Waals surface area contributed by atoms with E-state index in [4.69, 9.17) is 4.74 Å². The van der Waals surface area contributed by atoms with Gasteiger partial charge >= 0.3 is 0 Å². The van der Waals surface area contributed by atoms with Crippen LogP contribution in [-0.4, -0.2) is 50.2 Å². The molecular weight excluding hydrogens is 240 g/mol. The van der Waals surface area contributed by atoms with Crippen molar-refractivity contribution in [3.05, 3.63) is 0 Å². The predicted molar refractivity (Wildman–Crippen MR) is 76.1 cm³/mol. The zero-order chi connectivity index (χ0) is 13.5. The first kappa shape index (κ1) is 14.8. The smallest absolute Gasteiger partial charge is 0.224 e. The van der Waals surface area contributed by atoms with Crippen molar-refractivity contribution < 1.29 is 9.53 Å². The van der Waals surface area contributed by atoms with E-state index < -0.39 is 0 Å². The molecule has 1 amide bonds. The summed E-state index contributed by atoms with van der Waals surface area (Å²) in [6.07, 6.45) is 8.68. The van der Waals surface area contributed by atoms with E-state index in [2.05, 4.69) is 17.3 Å². The van der Waals surface area contributed by atoms with E-state index in [-0.39, 0.29) is 11.8 Å². The summed E-state index contributed by atoms with van der Waals surface area (Å²) in [6.45, 7) is 3.57. The number of likely N-dealkylation sites (tertiary alicyclic amines) is 1. The molecule has 2 rings (SSSR count). The van der Waals surface area contributed by atoms with Gasteiger partial charge in [-0.15, -0.1) is 0 Å². The van der Waals surface area contributed by atoms with Crippen LogP contribution < -0.4 is 5.32 Å². The van der Waals surface area contributed by atoms with Crippen LogP contribution in [0.5, 0.6) is 0 Å². The van der Waals surface area contributed by atoms with Gasteiger partial charge in [-0.05, 0) is 45.7 Å². The molecule has 0 aromatic heterocycles. The van der Waals surface area contributed by atoms with Gasteiger partial charge in [0.2, 0.25) is 5.91 Å². The lowest BCUT2D eigenvalue weighted by atomic mass is 9.97. The summed E-state index contributed by atoms with van der Waals surface area (Å²) in [5, 5.41) is 3.05. The summed E-state index contributed by atoms with van der Waals surface area (Å²) in [5.74, 6) is 0.418. The van der Waals surface area contributed by atoms with Gasteiger partial charge in [-0.3, -0.25) is 4.79 Å². The van der Waals surface area contributed by atoms with Gasteiger partial charge in [-0.1, -0.05) is 12.8 Å². The molecule has 110 valence electrons. The van der Waals surface area contributed by atoms with Crippen molar-refractivity contribution in [2.75, 3.05) is 33.3 Å². The highest BCUT2D eigenvalue weighted by molar-refractivity contribution is 5.78. The average Bonchev–Trinajstić information content (AvgIpc) is 2.91. The van der Waals surface area contributed by atoms with Crippen molar-refractivity contribution in [1.82, 2.24) is 10.2 Å². The Balaban J connectivity index is 1.51. The summed E-state index contributed by atoms with van der Waals surface area (Å²) in [6, 6.07) is 0. The third-order valence-corrected chi connectivity index (χ3v) is 4.27. The fourth-order valence-electron chi connectivity index (χ4n) is 3.11. The number of piperidine rings is 1. The first-order valence-corrected chi connectivity index (χ1v) is 7.83. The molecule has 0 unspecified atom stereocenters. The molecule has 0 spiro atoms. The van der Waals surface area contributed by atoms with Crippen LogP contribution in [0.4, 0.5) is 0 Å². The first-order valence-electron chi connectivity index (χ1n) is 7.83. The molecule has 4 heteroatoms. The van der Waals surface area contributed by atoms with Crippen molar-refractivity contribution in [2.24, 2.45) is 5.92 Å². The second-order valence-electron chi connectivity index (χ2n) is 6.02. The number of nitrogens with zero attached hydrogens (tertiary/aromatic N) is 1. The van der Waals surface area contributed by atoms with Gasteiger partial charge in [0.25, 0.3) is 0 Å².